The van der Waals surface area contributed by atoms with Crippen molar-refractivity contribution in [2.75, 3.05) is 20.3 Å². The number of aliphatic carboxylic acids is 1. The third-order valence-corrected chi connectivity index (χ3v) is 3.75. The van der Waals surface area contributed by atoms with Crippen LogP contribution in [0.15, 0.2) is 0 Å². The molecule has 0 bridgehead atoms. The number of hydrogen-bond acceptors (Lipinski definition) is 3. The third kappa shape index (κ3) is 5.19. The minimum absolute atomic E-state index is 0.0306. The lowest BCUT2D eigenvalue weighted by atomic mass is 10.0. The maximum atomic E-state index is 12.1. The molecular formula is C14H25NO4. The van der Waals surface area contributed by atoms with Crippen molar-refractivity contribution in [1.82, 2.24) is 4.90 Å². The summed E-state index contributed by atoms with van der Waals surface area (Å²) in [4.78, 5) is 24.8. The van der Waals surface area contributed by atoms with E-state index in [9.17, 15) is 9.59 Å². The van der Waals surface area contributed by atoms with Gasteiger partial charge in [0.2, 0.25) is 5.91 Å². The topological polar surface area (TPSA) is 66.8 Å². The summed E-state index contributed by atoms with van der Waals surface area (Å²) < 4.78 is 4.91. The van der Waals surface area contributed by atoms with E-state index in [1.54, 1.807) is 11.8 Å². The summed E-state index contributed by atoms with van der Waals surface area (Å²) in [6.07, 6.45) is 6.59. The molecule has 1 atom stereocenters. The van der Waals surface area contributed by atoms with Crippen LogP contribution in [-0.4, -0.2) is 48.2 Å². The lowest BCUT2D eigenvalue weighted by Crippen LogP contribution is -2.45. The van der Waals surface area contributed by atoms with Crippen molar-refractivity contribution in [2.24, 2.45) is 5.92 Å². The van der Waals surface area contributed by atoms with Crippen LogP contribution in [0, 0.1) is 5.92 Å². The lowest BCUT2D eigenvalue weighted by molar-refractivity contribution is -0.145. The summed E-state index contributed by atoms with van der Waals surface area (Å²) in [5.41, 5.74) is 0. The van der Waals surface area contributed by atoms with Crippen molar-refractivity contribution in [3.63, 3.8) is 0 Å². The molecule has 1 N–H and O–H groups in total. The van der Waals surface area contributed by atoms with Gasteiger partial charge >= 0.3 is 5.97 Å². The van der Waals surface area contributed by atoms with Crippen molar-refractivity contribution in [3.8, 4) is 0 Å². The highest BCUT2D eigenvalue weighted by Crippen LogP contribution is 2.23. The average molecular weight is 271 g/mol. The number of carboxylic acids is 1. The minimum atomic E-state index is -0.858. The predicted octanol–water partition coefficient (Wildman–Crippen LogP) is 1.90. The first-order valence-electron chi connectivity index (χ1n) is 7.07. The molecule has 1 unspecified atom stereocenters. The van der Waals surface area contributed by atoms with Crippen molar-refractivity contribution >= 4 is 11.9 Å². The fraction of sp³-hybridized carbons (Fsp3) is 0.857. The molecule has 0 aliphatic heterocycles. The standard InChI is InChI=1S/C14H25NO4/c1-11(14(17)18)9-15(13(16)10-19-2)12-7-5-3-4-6-8-12/h11-12H,3-10H2,1-2H3,(H,17,18). The number of amides is 1. The summed E-state index contributed by atoms with van der Waals surface area (Å²) >= 11 is 0. The molecule has 0 aromatic carbocycles. The van der Waals surface area contributed by atoms with Gasteiger partial charge in [0.1, 0.15) is 6.61 Å². The van der Waals surface area contributed by atoms with E-state index in [4.69, 9.17) is 9.84 Å². The summed E-state index contributed by atoms with van der Waals surface area (Å²) in [6, 6.07) is 0.173. The Morgan fingerprint density at radius 1 is 1.26 bits per heavy atom. The van der Waals surface area contributed by atoms with Gasteiger partial charge < -0.3 is 14.7 Å². The molecule has 0 saturated heterocycles. The number of hydrogen-bond donors (Lipinski definition) is 1. The Kier molecular flexibility index (Phi) is 6.84. The number of carboxylic acid groups (broad SMARTS) is 1. The second kappa shape index (κ2) is 8.15. The number of methoxy groups -OCH3 is 1. The lowest BCUT2D eigenvalue weighted by Gasteiger charge is -2.32. The van der Waals surface area contributed by atoms with E-state index in [-0.39, 0.29) is 25.1 Å². The highest BCUT2D eigenvalue weighted by molar-refractivity contribution is 5.79. The van der Waals surface area contributed by atoms with Gasteiger partial charge in [-0.1, -0.05) is 32.6 Å². The quantitative estimate of drug-likeness (QED) is 0.749. The first kappa shape index (κ1) is 16.0. The molecule has 5 heteroatoms. The molecule has 0 heterocycles. The zero-order chi connectivity index (χ0) is 14.3. The van der Waals surface area contributed by atoms with Gasteiger partial charge in [-0.05, 0) is 12.8 Å². The van der Waals surface area contributed by atoms with Crippen LogP contribution in [0.1, 0.15) is 45.4 Å². The number of ether oxygens (including phenoxy) is 1. The van der Waals surface area contributed by atoms with Gasteiger partial charge in [0.15, 0.2) is 0 Å². The number of carbonyl (C=O) groups is 2. The molecule has 0 aromatic heterocycles. The van der Waals surface area contributed by atoms with Crippen LogP contribution in [0.2, 0.25) is 0 Å². The van der Waals surface area contributed by atoms with E-state index < -0.39 is 11.9 Å². The number of carbonyl (C=O) groups excluding carboxylic acids is 1. The number of nitrogens with zero attached hydrogens (tertiary/aromatic N) is 1. The molecule has 1 rings (SSSR count). The Balaban J connectivity index is 2.71. The monoisotopic (exact) mass is 271 g/mol. The molecule has 1 aliphatic carbocycles. The van der Waals surface area contributed by atoms with Crippen LogP contribution in [0.25, 0.3) is 0 Å². The molecule has 5 nitrogen and oxygen atoms in total. The van der Waals surface area contributed by atoms with Crippen LogP contribution in [0.4, 0.5) is 0 Å². The minimum Gasteiger partial charge on any atom is -0.481 e. The van der Waals surface area contributed by atoms with Crippen LogP contribution in [-0.2, 0) is 14.3 Å². The highest BCUT2D eigenvalue weighted by atomic mass is 16.5. The maximum absolute atomic E-state index is 12.1. The molecule has 1 aliphatic rings. The van der Waals surface area contributed by atoms with E-state index in [1.165, 1.54) is 20.0 Å². The fourth-order valence-corrected chi connectivity index (χ4v) is 2.60. The van der Waals surface area contributed by atoms with Crippen LogP contribution in [0.3, 0.4) is 0 Å². The van der Waals surface area contributed by atoms with Gasteiger partial charge in [0.25, 0.3) is 0 Å². The normalized spacial score (nSPS) is 18.6. The van der Waals surface area contributed by atoms with Gasteiger partial charge in [0, 0.05) is 19.7 Å². The van der Waals surface area contributed by atoms with Crippen molar-refractivity contribution < 1.29 is 19.4 Å². The zero-order valence-corrected chi connectivity index (χ0v) is 11.9. The molecule has 1 saturated carbocycles. The van der Waals surface area contributed by atoms with Gasteiger partial charge in [-0.15, -0.1) is 0 Å². The molecular weight excluding hydrogens is 246 g/mol. The SMILES string of the molecule is COCC(=O)N(CC(C)C(=O)O)C1CCCCCC1. The van der Waals surface area contributed by atoms with Crippen LogP contribution in [0.5, 0.6) is 0 Å². The molecule has 1 fully saturated rings. The van der Waals surface area contributed by atoms with Crippen LogP contribution < -0.4 is 0 Å². The molecule has 0 spiro atoms. The zero-order valence-electron chi connectivity index (χ0n) is 11.9. The number of rotatable bonds is 6. The maximum Gasteiger partial charge on any atom is 0.308 e. The molecule has 19 heavy (non-hydrogen) atoms. The van der Waals surface area contributed by atoms with E-state index in [0.29, 0.717) is 0 Å². The first-order chi connectivity index (χ1) is 9.06. The van der Waals surface area contributed by atoms with Crippen molar-refractivity contribution in [3.05, 3.63) is 0 Å². The Morgan fingerprint density at radius 2 is 1.84 bits per heavy atom. The van der Waals surface area contributed by atoms with Gasteiger partial charge in [-0.3, -0.25) is 9.59 Å². The molecule has 0 radical (unpaired) electrons. The van der Waals surface area contributed by atoms with E-state index >= 15 is 0 Å². The van der Waals surface area contributed by atoms with E-state index in [0.717, 1.165) is 25.7 Å². The largest absolute Gasteiger partial charge is 0.481 e. The fourth-order valence-electron chi connectivity index (χ4n) is 2.60. The summed E-state index contributed by atoms with van der Waals surface area (Å²) in [5, 5.41) is 9.03. The van der Waals surface area contributed by atoms with Gasteiger partial charge in [-0.2, -0.15) is 0 Å². The van der Waals surface area contributed by atoms with Crippen molar-refractivity contribution in [2.45, 2.75) is 51.5 Å². The molecule has 110 valence electrons. The van der Waals surface area contributed by atoms with Crippen molar-refractivity contribution in [1.29, 1.82) is 0 Å². The predicted molar refractivity (Wildman–Crippen MR) is 71.9 cm³/mol. The molecule has 1 amide bonds. The Labute approximate surface area is 114 Å². The second-order valence-electron chi connectivity index (χ2n) is 5.36. The second-order valence-corrected chi connectivity index (χ2v) is 5.36. The third-order valence-electron chi connectivity index (χ3n) is 3.75. The Hall–Kier alpha value is -1.10. The summed E-state index contributed by atoms with van der Waals surface area (Å²) in [5.74, 6) is -1.49. The summed E-state index contributed by atoms with van der Waals surface area (Å²) in [6.45, 7) is 1.96. The van der Waals surface area contributed by atoms with E-state index in [1.807, 2.05) is 0 Å². The summed E-state index contributed by atoms with van der Waals surface area (Å²) in [7, 11) is 1.49. The Morgan fingerprint density at radius 3 is 2.32 bits per heavy atom. The van der Waals surface area contributed by atoms with Gasteiger partial charge in [0.05, 0.1) is 5.92 Å². The van der Waals surface area contributed by atoms with Gasteiger partial charge in [-0.25, -0.2) is 0 Å². The molecule has 0 aromatic rings. The highest BCUT2D eigenvalue weighted by Gasteiger charge is 2.27. The average Bonchev–Trinajstić information content (AvgIpc) is 2.64. The Bertz CT molecular complexity index is 298. The van der Waals surface area contributed by atoms with Crippen LogP contribution >= 0.6 is 0 Å². The van der Waals surface area contributed by atoms with E-state index in [2.05, 4.69) is 0 Å². The smallest absolute Gasteiger partial charge is 0.308 e. The first-order valence-corrected chi connectivity index (χ1v) is 7.07.